The first-order chi connectivity index (χ1) is 8.35. The van der Waals surface area contributed by atoms with Crippen LogP contribution in [0.2, 0.25) is 0 Å². The summed E-state index contributed by atoms with van der Waals surface area (Å²) in [7, 11) is 0. The minimum Gasteiger partial charge on any atom is -0.444 e. The molecule has 1 unspecified atom stereocenters. The number of ether oxygens (including phenoxy) is 1. The number of piperidine rings is 1. The minimum absolute atomic E-state index is 0.0666. The van der Waals surface area contributed by atoms with Gasteiger partial charge in [0.2, 0.25) is 0 Å². The van der Waals surface area contributed by atoms with Gasteiger partial charge in [-0.25, -0.2) is 4.79 Å². The van der Waals surface area contributed by atoms with Crippen LogP contribution in [0.25, 0.3) is 0 Å². The molecule has 1 aliphatic rings. The molecule has 0 saturated carbocycles. The van der Waals surface area contributed by atoms with Crippen LogP contribution in [0.3, 0.4) is 0 Å². The number of hydrogen-bond acceptors (Lipinski definition) is 3. The van der Waals surface area contributed by atoms with E-state index in [-0.39, 0.29) is 12.2 Å². The Morgan fingerprint density at radius 2 is 2.06 bits per heavy atom. The summed E-state index contributed by atoms with van der Waals surface area (Å²) in [6, 6.07) is -0.412. The van der Waals surface area contributed by atoms with Gasteiger partial charge >= 0.3 is 6.09 Å². The lowest BCUT2D eigenvalue weighted by atomic mass is 9.97. The molecular formula is C14H21NO3. The highest BCUT2D eigenvalue weighted by molar-refractivity contribution is 5.89. The van der Waals surface area contributed by atoms with Gasteiger partial charge in [-0.1, -0.05) is 5.92 Å². The van der Waals surface area contributed by atoms with Crippen LogP contribution in [0.1, 0.15) is 46.5 Å². The number of nitrogens with zero attached hydrogens (tertiary/aromatic N) is 1. The second-order valence-electron chi connectivity index (χ2n) is 5.53. The van der Waals surface area contributed by atoms with E-state index in [9.17, 15) is 9.59 Å². The third-order valence-electron chi connectivity index (χ3n) is 2.78. The van der Waals surface area contributed by atoms with Crippen molar-refractivity contribution >= 4 is 11.9 Å². The van der Waals surface area contributed by atoms with Crippen LogP contribution < -0.4 is 0 Å². The van der Waals surface area contributed by atoms with Crippen molar-refractivity contribution in [1.82, 2.24) is 4.90 Å². The van der Waals surface area contributed by atoms with E-state index in [0.717, 1.165) is 12.8 Å². The van der Waals surface area contributed by atoms with Crippen LogP contribution in [-0.4, -0.2) is 35.0 Å². The van der Waals surface area contributed by atoms with Gasteiger partial charge in [-0.05, 0) is 40.0 Å². The Bertz CT molecular complexity index is 362. The zero-order chi connectivity index (χ0) is 13.8. The van der Waals surface area contributed by atoms with E-state index in [0.29, 0.717) is 13.0 Å². The number of rotatable bonds is 2. The number of carbonyl (C=O) groups is 2. The van der Waals surface area contributed by atoms with Gasteiger partial charge in [0.1, 0.15) is 5.60 Å². The zero-order valence-electron chi connectivity index (χ0n) is 11.4. The molecule has 0 N–H and O–H groups in total. The molecular weight excluding hydrogens is 230 g/mol. The molecule has 18 heavy (non-hydrogen) atoms. The number of hydrogen-bond donors (Lipinski definition) is 0. The number of carbonyl (C=O) groups excluding carboxylic acids is 2. The van der Waals surface area contributed by atoms with Crippen LogP contribution in [0.5, 0.6) is 0 Å². The van der Waals surface area contributed by atoms with Crippen molar-refractivity contribution in [3.8, 4) is 12.3 Å². The largest absolute Gasteiger partial charge is 0.444 e. The Kier molecular flexibility index (Phi) is 4.77. The quantitative estimate of drug-likeness (QED) is 0.708. The number of terminal acetylenes is 1. The normalized spacial score (nSPS) is 20.1. The van der Waals surface area contributed by atoms with Crippen molar-refractivity contribution < 1.29 is 14.3 Å². The van der Waals surface area contributed by atoms with E-state index in [4.69, 9.17) is 11.2 Å². The molecule has 100 valence electrons. The molecule has 1 atom stereocenters. The molecule has 0 aliphatic carbocycles. The maximum Gasteiger partial charge on any atom is 0.410 e. The van der Waals surface area contributed by atoms with Gasteiger partial charge in [-0.15, -0.1) is 6.42 Å². The maximum absolute atomic E-state index is 12.0. The van der Waals surface area contributed by atoms with Gasteiger partial charge in [0, 0.05) is 6.54 Å². The lowest BCUT2D eigenvalue weighted by molar-refractivity contribution is -0.124. The van der Waals surface area contributed by atoms with Crippen LogP contribution in [-0.2, 0) is 9.53 Å². The summed E-state index contributed by atoms with van der Waals surface area (Å²) < 4.78 is 5.32. The summed E-state index contributed by atoms with van der Waals surface area (Å²) >= 11 is 0. The van der Waals surface area contributed by atoms with E-state index in [1.165, 1.54) is 4.90 Å². The fourth-order valence-corrected chi connectivity index (χ4v) is 2.02. The topological polar surface area (TPSA) is 46.6 Å². The lowest BCUT2D eigenvalue weighted by Gasteiger charge is -2.35. The predicted molar refractivity (Wildman–Crippen MR) is 69.0 cm³/mol. The standard InChI is InChI=1S/C14H21NO3/c1-5-8-12(16)11-9-6-7-10-15(11)13(17)18-14(2,3)4/h1,11H,6-10H2,2-4H3. The molecule has 0 spiro atoms. The monoisotopic (exact) mass is 251 g/mol. The van der Waals surface area contributed by atoms with Crippen LogP contribution in [0.4, 0.5) is 4.79 Å². The average Bonchev–Trinajstić information content (AvgIpc) is 2.27. The maximum atomic E-state index is 12.0. The molecule has 1 rings (SSSR count). The first-order valence-electron chi connectivity index (χ1n) is 6.31. The van der Waals surface area contributed by atoms with Crippen molar-refractivity contribution in [2.75, 3.05) is 6.54 Å². The van der Waals surface area contributed by atoms with Crippen LogP contribution in [0, 0.1) is 12.3 Å². The molecule has 1 saturated heterocycles. The Labute approximate surface area is 109 Å². The van der Waals surface area contributed by atoms with Gasteiger partial charge in [0.15, 0.2) is 5.78 Å². The lowest BCUT2D eigenvalue weighted by Crippen LogP contribution is -2.49. The van der Waals surface area contributed by atoms with Crippen LogP contribution in [0.15, 0.2) is 0 Å². The summed E-state index contributed by atoms with van der Waals surface area (Å²) in [6.45, 7) is 6.00. The summed E-state index contributed by atoms with van der Waals surface area (Å²) in [5.74, 6) is 2.28. The third-order valence-corrected chi connectivity index (χ3v) is 2.78. The van der Waals surface area contributed by atoms with Crippen molar-refractivity contribution in [3.63, 3.8) is 0 Å². The Morgan fingerprint density at radius 1 is 1.39 bits per heavy atom. The molecule has 1 fully saturated rings. The molecule has 1 amide bonds. The molecule has 0 aromatic carbocycles. The molecule has 1 heterocycles. The molecule has 0 aromatic heterocycles. The highest BCUT2D eigenvalue weighted by Gasteiger charge is 2.33. The van der Waals surface area contributed by atoms with Gasteiger partial charge in [0.05, 0.1) is 12.5 Å². The van der Waals surface area contributed by atoms with Gasteiger partial charge in [-0.3, -0.25) is 9.69 Å². The number of ketones is 1. The van der Waals surface area contributed by atoms with Crippen molar-refractivity contribution in [2.45, 2.75) is 58.1 Å². The Balaban J connectivity index is 2.73. The minimum atomic E-state index is -0.547. The SMILES string of the molecule is C#CCC(=O)C1CCCCN1C(=O)OC(C)(C)C. The van der Waals surface area contributed by atoms with E-state index >= 15 is 0 Å². The molecule has 0 radical (unpaired) electrons. The number of amides is 1. The molecule has 0 aromatic rings. The van der Waals surface area contributed by atoms with Crippen LogP contribution >= 0.6 is 0 Å². The molecule has 4 heteroatoms. The van der Waals surface area contributed by atoms with Crippen molar-refractivity contribution in [1.29, 1.82) is 0 Å². The fourth-order valence-electron chi connectivity index (χ4n) is 2.02. The highest BCUT2D eigenvalue weighted by Crippen LogP contribution is 2.21. The first kappa shape index (κ1) is 14.6. The van der Waals surface area contributed by atoms with Gasteiger partial charge in [-0.2, -0.15) is 0 Å². The summed E-state index contributed by atoms with van der Waals surface area (Å²) in [6.07, 6.45) is 7.34. The van der Waals surface area contributed by atoms with E-state index in [2.05, 4.69) is 5.92 Å². The summed E-state index contributed by atoms with van der Waals surface area (Å²) in [4.78, 5) is 25.4. The number of likely N-dealkylation sites (tertiary alicyclic amines) is 1. The van der Waals surface area contributed by atoms with Crippen molar-refractivity contribution in [2.24, 2.45) is 0 Å². The molecule has 4 nitrogen and oxygen atoms in total. The van der Waals surface area contributed by atoms with E-state index in [1.807, 2.05) is 20.8 Å². The van der Waals surface area contributed by atoms with E-state index < -0.39 is 17.7 Å². The second kappa shape index (κ2) is 5.90. The summed E-state index contributed by atoms with van der Waals surface area (Å²) in [5.41, 5.74) is -0.547. The Hall–Kier alpha value is -1.50. The van der Waals surface area contributed by atoms with Crippen molar-refractivity contribution in [3.05, 3.63) is 0 Å². The molecule has 1 aliphatic heterocycles. The highest BCUT2D eigenvalue weighted by atomic mass is 16.6. The average molecular weight is 251 g/mol. The zero-order valence-corrected chi connectivity index (χ0v) is 11.4. The fraction of sp³-hybridized carbons (Fsp3) is 0.714. The van der Waals surface area contributed by atoms with Gasteiger partial charge < -0.3 is 4.74 Å². The first-order valence-corrected chi connectivity index (χ1v) is 6.31. The van der Waals surface area contributed by atoms with Gasteiger partial charge in [0.25, 0.3) is 0 Å². The predicted octanol–water partition coefficient (Wildman–Crippen LogP) is 2.37. The Morgan fingerprint density at radius 3 is 2.61 bits per heavy atom. The molecule has 0 bridgehead atoms. The third kappa shape index (κ3) is 4.06. The van der Waals surface area contributed by atoms with E-state index in [1.54, 1.807) is 0 Å². The summed E-state index contributed by atoms with van der Waals surface area (Å²) in [5, 5.41) is 0. The number of Topliss-reactive ketones (excluding diaryl/α,β-unsaturated/α-hetero) is 1. The smallest absolute Gasteiger partial charge is 0.410 e. The second-order valence-corrected chi connectivity index (χ2v) is 5.53.